The number of likely N-dealkylation sites (N-methyl/N-ethyl adjacent to an activating group) is 1. The molecule has 1 heterocycles. The van der Waals surface area contributed by atoms with Crippen LogP contribution in [0, 0.1) is 0 Å². The number of aliphatic hydroxyl groups excluding tert-OH is 1. The predicted molar refractivity (Wildman–Crippen MR) is 51.1 cm³/mol. The summed E-state index contributed by atoms with van der Waals surface area (Å²) in [7, 11) is -2.14. The molecule has 0 aliphatic carbocycles. The molecule has 1 N–H and O–H groups in total. The van der Waals surface area contributed by atoms with Crippen LogP contribution in [-0.4, -0.2) is 43.0 Å². The summed E-state index contributed by atoms with van der Waals surface area (Å²) in [6, 6.07) is 4.67. The van der Waals surface area contributed by atoms with Gasteiger partial charge in [-0.25, -0.2) is 13.4 Å². The lowest BCUT2D eigenvalue weighted by Gasteiger charge is -2.14. The van der Waals surface area contributed by atoms with Crippen molar-refractivity contribution < 1.29 is 13.5 Å². The summed E-state index contributed by atoms with van der Waals surface area (Å²) in [5, 5.41) is 8.62. The third-order valence-corrected chi connectivity index (χ3v) is 3.50. The minimum Gasteiger partial charge on any atom is -0.395 e. The quantitative estimate of drug-likeness (QED) is 0.749. The van der Waals surface area contributed by atoms with Crippen LogP contribution >= 0.6 is 0 Å². The predicted octanol–water partition coefficient (Wildman–Crippen LogP) is -0.306. The van der Waals surface area contributed by atoms with Gasteiger partial charge < -0.3 is 5.11 Å². The van der Waals surface area contributed by atoms with E-state index in [2.05, 4.69) is 4.98 Å². The minimum atomic E-state index is -3.54. The van der Waals surface area contributed by atoms with Gasteiger partial charge in [-0.15, -0.1) is 0 Å². The number of aromatic nitrogens is 1. The molecule has 6 heteroatoms. The maximum Gasteiger partial charge on any atom is 0.260 e. The third-order valence-electron chi connectivity index (χ3n) is 1.73. The fourth-order valence-electron chi connectivity index (χ4n) is 0.920. The van der Waals surface area contributed by atoms with Gasteiger partial charge in [0, 0.05) is 19.8 Å². The molecule has 0 fully saturated rings. The fraction of sp³-hybridized carbons (Fsp3) is 0.375. The number of sulfonamides is 1. The normalized spacial score (nSPS) is 11.9. The Morgan fingerprint density at radius 3 is 2.71 bits per heavy atom. The van der Waals surface area contributed by atoms with Gasteiger partial charge in [-0.05, 0) is 12.1 Å². The van der Waals surface area contributed by atoms with Gasteiger partial charge in [-0.1, -0.05) is 6.07 Å². The summed E-state index contributed by atoms with van der Waals surface area (Å²) in [4.78, 5) is 3.74. The maximum absolute atomic E-state index is 11.7. The van der Waals surface area contributed by atoms with E-state index < -0.39 is 10.0 Å². The van der Waals surface area contributed by atoms with Crippen molar-refractivity contribution >= 4 is 10.0 Å². The molecule has 0 spiro atoms. The Hall–Kier alpha value is -0.980. The van der Waals surface area contributed by atoms with Crippen molar-refractivity contribution in [2.75, 3.05) is 20.2 Å². The van der Waals surface area contributed by atoms with Gasteiger partial charge in [0.1, 0.15) is 0 Å². The average molecular weight is 216 g/mol. The Morgan fingerprint density at radius 1 is 1.50 bits per heavy atom. The van der Waals surface area contributed by atoms with Crippen LogP contribution in [0.1, 0.15) is 0 Å². The fourth-order valence-corrected chi connectivity index (χ4v) is 2.01. The lowest BCUT2D eigenvalue weighted by Crippen LogP contribution is -2.30. The molecule has 0 saturated carbocycles. The topological polar surface area (TPSA) is 70.5 Å². The minimum absolute atomic E-state index is 0.00375. The molecule has 0 amide bonds. The highest BCUT2D eigenvalue weighted by Gasteiger charge is 2.20. The first-order valence-corrected chi connectivity index (χ1v) is 5.51. The Morgan fingerprint density at radius 2 is 2.21 bits per heavy atom. The molecular weight excluding hydrogens is 204 g/mol. The van der Waals surface area contributed by atoms with Crippen LogP contribution in [0.3, 0.4) is 0 Å². The summed E-state index contributed by atoms with van der Waals surface area (Å²) >= 11 is 0. The van der Waals surface area contributed by atoms with Gasteiger partial charge in [0.05, 0.1) is 6.61 Å². The van der Waals surface area contributed by atoms with E-state index in [9.17, 15) is 8.42 Å². The van der Waals surface area contributed by atoms with Crippen LogP contribution in [0.15, 0.2) is 29.4 Å². The third kappa shape index (κ3) is 2.28. The molecular formula is C8H12N2O3S. The Kier molecular flexibility index (Phi) is 3.56. The molecule has 1 aromatic rings. The highest BCUT2D eigenvalue weighted by Crippen LogP contribution is 2.09. The lowest BCUT2D eigenvalue weighted by molar-refractivity contribution is 0.266. The van der Waals surface area contributed by atoms with E-state index in [0.717, 1.165) is 4.31 Å². The van der Waals surface area contributed by atoms with E-state index in [4.69, 9.17) is 5.11 Å². The first kappa shape index (κ1) is 11.1. The molecule has 5 nitrogen and oxygen atoms in total. The molecule has 0 aliphatic heterocycles. The number of aliphatic hydroxyl groups is 1. The Balaban J connectivity index is 2.97. The van der Waals surface area contributed by atoms with Gasteiger partial charge in [0.15, 0.2) is 5.03 Å². The Labute approximate surface area is 83.1 Å². The van der Waals surface area contributed by atoms with Crippen LogP contribution in [0.2, 0.25) is 0 Å². The van der Waals surface area contributed by atoms with Crippen LogP contribution in [0.5, 0.6) is 0 Å². The van der Waals surface area contributed by atoms with E-state index >= 15 is 0 Å². The van der Waals surface area contributed by atoms with Crippen LogP contribution in [-0.2, 0) is 10.0 Å². The second kappa shape index (κ2) is 4.50. The highest BCUT2D eigenvalue weighted by molar-refractivity contribution is 7.89. The zero-order valence-corrected chi connectivity index (χ0v) is 8.61. The monoisotopic (exact) mass is 216 g/mol. The van der Waals surface area contributed by atoms with Crippen molar-refractivity contribution in [2.24, 2.45) is 0 Å². The zero-order valence-electron chi connectivity index (χ0n) is 7.79. The number of hydrogen-bond acceptors (Lipinski definition) is 4. The molecule has 1 rings (SSSR count). The molecule has 1 aromatic heterocycles. The van der Waals surface area contributed by atoms with Crippen molar-refractivity contribution in [2.45, 2.75) is 5.03 Å². The Bertz CT molecular complexity index is 377. The van der Waals surface area contributed by atoms with Crippen molar-refractivity contribution in [1.82, 2.24) is 9.29 Å². The van der Waals surface area contributed by atoms with E-state index in [1.54, 1.807) is 12.1 Å². The number of pyridine rings is 1. The SMILES string of the molecule is CN(CCO)S(=O)(=O)c1ccccn1. The molecule has 0 aliphatic rings. The molecule has 0 radical (unpaired) electrons. The standard InChI is InChI=1S/C8H12N2O3S/c1-10(6-7-11)14(12,13)8-4-2-3-5-9-8/h2-5,11H,6-7H2,1H3. The van der Waals surface area contributed by atoms with Crippen LogP contribution < -0.4 is 0 Å². The number of hydrogen-bond donors (Lipinski definition) is 1. The van der Waals surface area contributed by atoms with Crippen molar-refractivity contribution in [3.05, 3.63) is 24.4 Å². The summed E-state index contributed by atoms with van der Waals surface area (Å²) < 4.78 is 24.4. The number of rotatable bonds is 4. The van der Waals surface area contributed by atoms with Gasteiger partial charge in [-0.3, -0.25) is 0 Å². The largest absolute Gasteiger partial charge is 0.395 e. The van der Waals surface area contributed by atoms with Crippen molar-refractivity contribution in [3.8, 4) is 0 Å². The van der Waals surface area contributed by atoms with Crippen molar-refractivity contribution in [3.63, 3.8) is 0 Å². The van der Waals surface area contributed by atoms with Gasteiger partial charge in [0.2, 0.25) is 0 Å². The van der Waals surface area contributed by atoms with E-state index in [1.165, 1.54) is 19.3 Å². The average Bonchev–Trinajstić information content (AvgIpc) is 2.19. The van der Waals surface area contributed by atoms with Gasteiger partial charge in [-0.2, -0.15) is 4.31 Å². The zero-order chi connectivity index (χ0) is 10.6. The summed E-state index contributed by atoms with van der Waals surface area (Å²) in [6.45, 7) is -0.137. The number of nitrogens with zero attached hydrogens (tertiary/aromatic N) is 2. The van der Waals surface area contributed by atoms with Crippen LogP contribution in [0.4, 0.5) is 0 Å². The van der Waals surface area contributed by atoms with Crippen molar-refractivity contribution in [1.29, 1.82) is 0 Å². The van der Waals surface area contributed by atoms with Gasteiger partial charge in [0.25, 0.3) is 10.0 Å². The second-order valence-electron chi connectivity index (χ2n) is 2.72. The molecule has 14 heavy (non-hydrogen) atoms. The first-order chi connectivity index (χ1) is 6.59. The van der Waals surface area contributed by atoms with E-state index in [1.807, 2.05) is 0 Å². The maximum atomic E-state index is 11.7. The van der Waals surface area contributed by atoms with E-state index in [0.29, 0.717) is 0 Å². The smallest absolute Gasteiger partial charge is 0.260 e. The van der Waals surface area contributed by atoms with E-state index in [-0.39, 0.29) is 18.2 Å². The van der Waals surface area contributed by atoms with Crippen LogP contribution in [0.25, 0.3) is 0 Å². The molecule has 78 valence electrons. The molecule has 0 atom stereocenters. The first-order valence-electron chi connectivity index (χ1n) is 4.07. The molecule has 0 aromatic carbocycles. The second-order valence-corrected chi connectivity index (χ2v) is 4.71. The highest BCUT2D eigenvalue weighted by atomic mass is 32.2. The molecule has 0 unspecified atom stereocenters. The lowest BCUT2D eigenvalue weighted by atomic mass is 10.5. The summed E-state index contributed by atoms with van der Waals surface area (Å²) in [5.41, 5.74) is 0. The molecule has 0 bridgehead atoms. The molecule has 0 saturated heterocycles. The van der Waals surface area contributed by atoms with Gasteiger partial charge >= 0.3 is 0 Å². The summed E-state index contributed by atoms with van der Waals surface area (Å²) in [5.74, 6) is 0. The summed E-state index contributed by atoms with van der Waals surface area (Å²) in [6.07, 6.45) is 1.42.